The molecule has 226 valence electrons. The Morgan fingerprint density at radius 2 is 0.708 bits per heavy atom. The molecule has 6 heterocycles. The van der Waals surface area contributed by atoms with E-state index in [0.717, 1.165) is 0 Å². The van der Waals surface area contributed by atoms with Crippen LogP contribution in [0.3, 0.4) is 0 Å². The zero-order valence-electron chi connectivity index (χ0n) is 25.2. The van der Waals surface area contributed by atoms with Crippen molar-refractivity contribution in [3.05, 3.63) is 132 Å². The van der Waals surface area contributed by atoms with Gasteiger partial charge in [-0.25, -0.2) is 0 Å². The molecule has 5 aromatic carbocycles. The van der Waals surface area contributed by atoms with E-state index in [1.54, 1.807) is 22.7 Å². The van der Waals surface area contributed by atoms with E-state index in [2.05, 4.69) is 132 Å². The molecule has 0 aliphatic heterocycles. The monoisotopic (exact) mass is 718 g/mol. The minimum absolute atomic E-state index is 1.27. The summed E-state index contributed by atoms with van der Waals surface area (Å²) in [5, 5.41) is 9.76. The zero-order chi connectivity index (χ0) is 31.3. The highest BCUT2D eigenvalue weighted by molar-refractivity contribution is 7.35. The van der Waals surface area contributed by atoms with Crippen molar-refractivity contribution >= 4 is 127 Å². The zero-order valence-corrected chi connectivity index (χ0v) is 30.1. The molecule has 0 aliphatic carbocycles. The Hall–Kier alpha value is -4.14. The minimum atomic E-state index is 1.27. The van der Waals surface area contributed by atoms with Gasteiger partial charge in [0.25, 0.3) is 0 Å². The largest absolute Gasteiger partial charge is 0.144 e. The van der Waals surface area contributed by atoms with Gasteiger partial charge < -0.3 is 0 Å². The first-order chi connectivity index (χ1) is 23.7. The van der Waals surface area contributed by atoms with E-state index in [1.807, 2.05) is 45.3 Å². The van der Waals surface area contributed by atoms with Gasteiger partial charge in [-0.05, 0) is 116 Å². The van der Waals surface area contributed by atoms with E-state index >= 15 is 0 Å². The summed E-state index contributed by atoms with van der Waals surface area (Å²) in [6.45, 7) is 0. The van der Waals surface area contributed by atoms with Gasteiger partial charge in [-0.2, -0.15) is 0 Å². The Morgan fingerprint density at radius 3 is 1.17 bits per heavy atom. The normalized spacial score (nSPS) is 12.2. The standard InChI is InChI=1S/C42H22S6/c1-5-25(6-2-23(1)27-9-11-33-29(17-27)13-15-43-33)35-21-39-41(47-35)31-19-38-32(20-37(31)45-39)42-40(46-38)22-36(48-42)26-7-3-24(4-8-26)28-10-12-34-30(18-28)14-16-44-34/h1-22H. The molecule has 0 spiro atoms. The van der Waals surface area contributed by atoms with Crippen molar-refractivity contribution in [1.82, 2.24) is 0 Å². The van der Waals surface area contributed by atoms with Crippen LogP contribution in [0.2, 0.25) is 0 Å². The molecule has 0 fully saturated rings. The number of rotatable bonds is 4. The third-order valence-corrected chi connectivity index (χ3v) is 16.0. The summed E-state index contributed by atoms with van der Waals surface area (Å²) in [7, 11) is 0. The van der Waals surface area contributed by atoms with Crippen molar-refractivity contribution in [1.29, 1.82) is 0 Å². The minimum Gasteiger partial charge on any atom is -0.144 e. The first-order valence-electron chi connectivity index (χ1n) is 15.7. The van der Waals surface area contributed by atoms with Crippen LogP contribution in [0.5, 0.6) is 0 Å². The first kappa shape index (κ1) is 27.8. The summed E-state index contributed by atoms with van der Waals surface area (Å²) >= 11 is 11.3. The van der Waals surface area contributed by atoms with Crippen molar-refractivity contribution in [2.75, 3.05) is 0 Å². The summed E-state index contributed by atoms with van der Waals surface area (Å²) in [4.78, 5) is 2.68. The van der Waals surface area contributed by atoms with E-state index in [9.17, 15) is 0 Å². The van der Waals surface area contributed by atoms with Gasteiger partial charge in [0.1, 0.15) is 0 Å². The Balaban J connectivity index is 0.905. The average Bonchev–Trinajstić information content (AvgIpc) is 3.97. The third kappa shape index (κ3) is 4.41. The highest BCUT2D eigenvalue weighted by Gasteiger charge is 2.16. The highest BCUT2D eigenvalue weighted by Crippen LogP contribution is 2.49. The van der Waals surface area contributed by atoms with Crippen LogP contribution in [0.4, 0.5) is 0 Å². The van der Waals surface area contributed by atoms with Crippen LogP contribution < -0.4 is 0 Å². The van der Waals surface area contributed by atoms with Crippen molar-refractivity contribution < 1.29 is 0 Å². The van der Waals surface area contributed by atoms with Gasteiger partial charge in [-0.3, -0.25) is 0 Å². The maximum Gasteiger partial charge on any atom is 0.0536 e. The molecule has 6 heteroatoms. The Bertz CT molecular complexity index is 2780. The van der Waals surface area contributed by atoms with E-state index in [-0.39, 0.29) is 0 Å². The maximum absolute atomic E-state index is 2.45. The van der Waals surface area contributed by atoms with E-state index in [1.165, 1.54) is 102 Å². The molecule has 6 aromatic heterocycles. The molecule has 11 rings (SSSR count). The summed E-state index contributed by atoms with van der Waals surface area (Å²) in [6.07, 6.45) is 0. The van der Waals surface area contributed by atoms with E-state index in [4.69, 9.17) is 0 Å². The molecule has 0 atom stereocenters. The Kier molecular flexibility index (Phi) is 6.18. The number of hydrogen-bond acceptors (Lipinski definition) is 6. The van der Waals surface area contributed by atoms with Crippen LogP contribution in [-0.2, 0) is 0 Å². The number of hydrogen-bond donors (Lipinski definition) is 0. The van der Waals surface area contributed by atoms with Gasteiger partial charge in [-0.1, -0.05) is 60.7 Å². The molecule has 0 bridgehead atoms. The van der Waals surface area contributed by atoms with Crippen LogP contribution in [0.15, 0.2) is 132 Å². The van der Waals surface area contributed by atoms with Gasteiger partial charge in [-0.15, -0.1) is 68.0 Å². The Labute approximate surface area is 300 Å². The van der Waals surface area contributed by atoms with Crippen LogP contribution in [0.1, 0.15) is 0 Å². The lowest BCUT2D eigenvalue weighted by Crippen LogP contribution is -1.78. The second kappa shape index (κ2) is 10.7. The van der Waals surface area contributed by atoms with Crippen LogP contribution in [0, 0.1) is 0 Å². The summed E-state index contributed by atoms with van der Waals surface area (Å²) in [5.74, 6) is 0. The molecule has 11 aromatic rings. The van der Waals surface area contributed by atoms with Gasteiger partial charge in [0, 0.05) is 48.7 Å². The quantitative estimate of drug-likeness (QED) is 0.170. The molecule has 0 radical (unpaired) electrons. The summed E-state index contributed by atoms with van der Waals surface area (Å²) < 4.78 is 11.1. The Morgan fingerprint density at radius 1 is 0.292 bits per heavy atom. The van der Waals surface area contributed by atoms with Gasteiger partial charge in [0.15, 0.2) is 0 Å². The van der Waals surface area contributed by atoms with Crippen molar-refractivity contribution in [3.8, 4) is 43.1 Å². The fourth-order valence-corrected chi connectivity index (χ4v) is 13.5. The molecular formula is C42H22S6. The summed E-state index contributed by atoms with van der Waals surface area (Å²) in [5.41, 5.74) is 7.67. The van der Waals surface area contributed by atoms with Crippen molar-refractivity contribution in [2.45, 2.75) is 0 Å². The predicted octanol–water partition coefficient (Wildman–Crippen LogP) is 15.6. The van der Waals surface area contributed by atoms with Crippen LogP contribution in [-0.4, -0.2) is 0 Å². The SMILES string of the molecule is c1cc2cc(-c3ccc(-c4cc5sc6cc7c(cc6c5s4)sc4cc(-c5ccc(-c6ccc8sccc8c6)cc5)sc47)cc3)ccc2s1. The van der Waals surface area contributed by atoms with Crippen molar-refractivity contribution in [2.24, 2.45) is 0 Å². The lowest BCUT2D eigenvalue weighted by molar-refractivity contribution is 1.65. The molecule has 0 unspecified atom stereocenters. The fraction of sp³-hybridized carbons (Fsp3) is 0. The number of fused-ring (bicyclic) bond motifs is 8. The maximum atomic E-state index is 2.45. The molecule has 0 saturated heterocycles. The number of benzene rings is 5. The molecule has 0 N–H and O–H groups in total. The van der Waals surface area contributed by atoms with E-state index in [0.29, 0.717) is 0 Å². The molecule has 0 aliphatic rings. The van der Waals surface area contributed by atoms with Gasteiger partial charge >= 0.3 is 0 Å². The van der Waals surface area contributed by atoms with Crippen LogP contribution in [0.25, 0.3) is 102 Å². The van der Waals surface area contributed by atoms with E-state index < -0.39 is 0 Å². The second-order valence-electron chi connectivity index (χ2n) is 12.2. The van der Waals surface area contributed by atoms with Crippen molar-refractivity contribution in [3.63, 3.8) is 0 Å². The fourth-order valence-electron chi connectivity index (χ4n) is 6.83. The predicted molar refractivity (Wildman–Crippen MR) is 220 cm³/mol. The molecule has 0 nitrogen and oxygen atoms in total. The summed E-state index contributed by atoms with van der Waals surface area (Å²) in [6, 6.07) is 45.9. The van der Waals surface area contributed by atoms with Gasteiger partial charge in [0.05, 0.1) is 9.40 Å². The smallest absolute Gasteiger partial charge is 0.0536 e. The second-order valence-corrected chi connectivity index (χ2v) is 18.3. The van der Waals surface area contributed by atoms with Crippen LogP contribution >= 0.6 is 68.0 Å². The lowest BCUT2D eigenvalue weighted by atomic mass is 10.0. The first-order valence-corrected chi connectivity index (χ1v) is 20.7. The molecular weight excluding hydrogens is 697 g/mol. The molecule has 0 amide bonds. The molecule has 48 heavy (non-hydrogen) atoms. The molecule has 0 saturated carbocycles. The van der Waals surface area contributed by atoms with Gasteiger partial charge in [0.2, 0.25) is 0 Å². The third-order valence-electron chi connectivity index (χ3n) is 9.32. The lowest BCUT2D eigenvalue weighted by Gasteiger charge is -2.04. The topological polar surface area (TPSA) is 0 Å². The average molecular weight is 719 g/mol. The highest BCUT2D eigenvalue weighted by atomic mass is 32.1. The number of thiophene rings is 6.